The minimum atomic E-state index is -0.293. The molecule has 1 unspecified atom stereocenters. The third-order valence-corrected chi connectivity index (χ3v) is 3.12. The van der Waals surface area contributed by atoms with Crippen molar-refractivity contribution in [2.75, 3.05) is 18.5 Å². The van der Waals surface area contributed by atoms with E-state index < -0.39 is 0 Å². The standard InChI is InChI=1S/C12H19N5O2/c1-2-3-9(4-5-18)7-13-10-6-11-15-16-12(19)17(11)8-14-10/h6,8-9,13,18H,2-5,7H2,1H3,(H,16,19). The fourth-order valence-electron chi connectivity index (χ4n) is 2.09. The summed E-state index contributed by atoms with van der Waals surface area (Å²) in [5.41, 5.74) is 0.245. The Labute approximate surface area is 110 Å². The lowest BCUT2D eigenvalue weighted by Gasteiger charge is -2.15. The van der Waals surface area contributed by atoms with Gasteiger partial charge in [0.15, 0.2) is 5.65 Å². The van der Waals surface area contributed by atoms with Gasteiger partial charge in [-0.3, -0.25) is 0 Å². The van der Waals surface area contributed by atoms with Crippen LogP contribution < -0.4 is 11.0 Å². The molecule has 0 aromatic carbocycles. The first-order valence-electron chi connectivity index (χ1n) is 6.52. The third-order valence-electron chi connectivity index (χ3n) is 3.12. The molecule has 0 fully saturated rings. The van der Waals surface area contributed by atoms with Gasteiger partial charge in [-0.2, -0.15) is 5.10 Å². The predicted octanol–water partition coefficient (Wildman–Crippen LogP) is 0.628. The Bertz CT molecular complexity index is 571. The van der Waals surface area contributed by atoms with Crippen molar-refractivity contribution >= 4 is 11.5 Å². The number of aliphatic hydroxyl groups is 1. The topological polar surface area (TPSA) is 95.3 Å². The van der Waals surface area contributed by atoms with Crippen LogP contribution in [0.15, 0.2) is 17.2 Å². The van der Waals surface area contributed by atoms with Crippen molar-refractivity contribution in [3.63, 3.8) is 0 Å². The lowest BCUT2D eigenvalue weighted by molar-refractivity contribution is 0.255. The minimum absolute atomic E-state index is 0.202. The van der Waals surface area contributed by atoms with Crippen LogP contribution in [0.5, 0.6) is 0 Å². The van der Waals surface area contributed by atoms with Crippen LogP contribution in [0.3, 0.4) is 0 Å². The number of fused-ring (bicyclic) bond motifs is 1. The van der Waals surface area contributed by atoms with E-state index in [1.54, 1.807) is 6.07 Å². The first-order valence-corrected chi connectivity index (χ1v) is 6.52. The minimum Gasteiger partial charge on any atom is -0.396 e. The third kappa shape index (κ3) is 3.31. The maximum atomic E-state index is 11.3. The second-order valence-electron chi connectivity index (χ2n) is 4.58. The molecule has 7 heteroatoms. The number of anilines is 1. The Balaban J connectivity index is 2.02. The SMILES string of the molecule is CCCC(CCO)CNc1cc2n[nH]c(=O)n2cn1. The summed E-state index contributed by atoms with van der Waals surface area (Å²) >= 11 is 0. The molecule has 0 bridgehead atoms. The van der Waals surface area contributed by atoms with Gasteiger partial charge in [-0.25, -0.2) is 19.3 Å². The van der Waals surface area contributed by atoms with Gasteiger partial charge in [-0.15, -0.1) is 0 Å². The molecule has 0 spiro atoms. The summed E-state index contributed by atoms with van der Waals surface area (Å²) < 4.78 is 1.35. The Kier molecular flexibility index (Phi) is 4.51. The number of hydrogen-bond acceptors (Lipinski definition) is 5. The number of nitrogens with zero attached hydrogens (tertiary/aromatic N) is 3. The molecule has 2 rings (SSSR count). The highest BCUT2D eigenvalue weighted by atomic mass is 16.3. The molecule has 0 aliphatic carbocycles. The van der Waals surface area contributed by atoms with E-state index in [0.717, 1.165) is 25.8 Å². The second-order valence-corrected chi connectivity index (χ2v) is 4.58. The Morgan fingerprint density at radius 2 is 2.37 bits per heavy atom. The molecule has 2 aromatic heterocycles. The molecule has 3 N–H and O–H groups in total. The molecular formula is C12H19N5O2. The van der Waals surface area contributed by atoms with E-state index in [4.69, 9.17) is 5.11 Å². The number of H-pyrrole nitrogens is 1. The molecule has 0 amide bonds. The Morgan fingerprint density at radius 3 is 3.11 bits per heavy atom. The van der Waals surface area contributed by atoms with E-state index in [1.165, 1.54) is 10.7 Å². The molecule has 7 nitrogen and oxygen atoms in total. The zero-order valence-electron chi connectivity index (χ0n) is 11.0. The lowest BCUT2D eigenvalue weighted by atomic mass is 10.0. The summed E-state index contributed by atoms with van der Waals surface area (Å²) in [6.07, 6.45) is 4.39. The maximum Gasteiger partial charge on any atom is 0.348 e. The molecule has 0 aliphatic heterocycles. The van der Waals surface area contributed by atoms with Crippen LogP contribution in [0.2, 0.25) is 0 Å². The van der Waals surface area contributed by atoms with Crippen molar-refractivity contribution in [2.45, 2.75) is 26.2 Å². The first kappa shape index (κ1) is 13.5. The van der Waals surface area contributed by atoms with E-state index in [-0.39, 0.29) is 12.3 Å². The van der Waals surface area contributed by atoms with Gasteiger partial charge >= 0.3 is 5.69 Å². The van der Waals surface area contributed by atoms with Gasteiger partial charge in [0.1, 0.15) is 12.1 Å². The van der Waals surface area contributed by atoms with Gasteiger partial charge in [-0.05, 0) is 18.8 Å². The maximum absolute atomic E-state index is 11.3. The number of aliphatic hydroxyl groups excluding tert-OH is 1. The summed E-state index contributed by atoms with van der Waals surface area (Å²) in [5, 5.41) is 18.5. The van der Waals surface area contributed by atoms with E-state index in [9.17, 15) is 4.79 Å². The molecule has 1 atom stereocenters. The van der Waals surface area contributed by atoms with Crippen molar-refractivity contribution in [1.82, 2.24) is 19.6 Å². The largest absolute Gasteiger partial charge is 0.396 e. The highest BCUT2D eigenvalue weighted by Crippen LogP contribution is 2.12. The molecule has 0 saturated heterocycles. The van der Waals surface area contributed by atoms with E-state index in [2.05, 4.69) is 27.4 Å². The average molecular weight is 265 g/mol. The van der Waals surface area contributed by atoms with Gasteiger partial charge in [0.2, 0.25) is 0 Å². The van der Waals surface area contributed by atoms with Gasteiger partial charge in [0.25, 0.3) is 0 Å². The van der Waals surface area contributed by atoms with Crippen LogP contribution in [-0.2, 0) is 0 Å². The van der Waals surface area contributed by atoms with Crippen LogP contribution in [0.25, 0.3) is 5.65 Å². The van der Waals surface area contributed by atoms with Crippen LogP contribution >= 0.6 is 0 Å². The zero-order valence-corrected chi connectivity index (χ0v) is 11.0. The van der Waals surface area contributed by atoms with Gasteiger partial charge < -0.3 is 10.4 Å². The number of aromatic nitrogens is 4. The monoisotopic (exact) mass is 265 g/mol. The molecular weight excluding hydrogens is 246 g/mol. The number of rotatable bonds is 7. The molecule has 0 saturated carbocycles. The van der Waals surface area contributed by atoms with Crippen molar-refractivity contribution in [3.05, 3.63) is 22.9 Å². The van der Waals surface area contributed by atoms with Gasteiger partial charge in [-0.1, -0.05) is 13.3 Å². The van der Waals surface area contributed by atoms with Crippen LogP contribution in [0.1, 0.15) is 26.2 Å². The fourth-order valence-corrected chi connectivity index (χ4v) is 2.09. The molecule has 2 heterocycles. The quantitative estimate of drug-likeness (QED) is 0.682. The number of hydrogen-bond donors (Lipinski definition) is 3. The Morgan fingerprint density at radius 1 is 1.53 bits per heavy atom. The molecule has 104 valence electrons. The average Bonchev–Trinajstić information content (AvgIpc) is 2.78. The van der Waals surface area contributed by atoms with E-state index in [0.29, 0.717) is 17.4 Å². The van der Waals surface area contributed by atoms with Crippen LogP contribution in [0, 0.1) is 5.92 Å². The molecule has 0 radical (unpaired) electrons. The summed E-state index contributed by atoms with van der Waals surface area (Å²) in [4.78, 5) is 15.4. The number of aromatic amines is 1. The zero-order chi connectivity index (χ0) is 13.7. The summed E-state index contributed by atoms with van der Waals surface area (Å²) in [5.74, 6) is 1.11. The van der Waals surface area contributed by atoms with Crippen molar-refractivity contribution in [3.8, 4) is 0 Å². The van der Waals surface area contributed by atoms with Crippen molar-refractivity contribution < 1.29 is 5.11 Å². The molecule has 19 heavy (non-hydrogen) atoms. The summed E-state index contributed by atoms with van der Waals surface area (Å²) in [7, 11) is 0. The summed E-state index contributed by atoms with van der Waals surface area (Å²) in [6, 6.07) is 1.72. The fraction of sp³-hybridized carbons (Fsp3) is 0.583. The Hall–Kier alpha value is -1.89. The van der Waals surface area contributed by atoms with E-state index >= 15 is 0 Å². The first-order chi connectivity index (χ1) is 9.24. The second kappa shape index (κ2) is 6.33. The summed E-state index contributed by atoms with van der Waals surface area (Å²) in [6.45, 7) is 3.09. The van der Waals surface area contributed by atoms with Crippen LogP contribution in [0.4, 0.5) is 5.82 Å². The molecule has 0 aliphatic rings. The highest BCUT2D eigenvalue weighted by molar-refractivity contribution is 5.48. The smallest absolute Gasteiger partial charge is 0.348 e. The van der Waals surface area contributed by atoms with Crippen molar-refractivity contribution in [1.29, 1.82) is 0 Å². The number of nitrogens with one attached hydrogen (secondary N) is 2. The normalized spacial score (nSPS) is 12.7. The van der Waals surface area contributed by atoms with Gasteiger partial charge in [0.05, 0.1) is 0 Å². The predicted molar refractivity (Wildman–Crippen MR) is 72.2 cm³/mol. The highest BCUT2D eigenvalue weighted by Gasteiger charge is 2.08. The van der Waals surface area contributed by atoms with E-state index in [1.807, 2.05) is 0 Å². The van der Waals surface area contributed by atoms with Crippen LogP contribution in [-0.4, -0.2) is 37.8 Å². The van der Waals surface area contributed by atoms with Crippen molar-refractivity contribution in [2.24, 2.45) is 5.92 Å². The molecule has 2 aromatic rings. The van der Waals surface area contributed by atoms with Gasteiger partial charge in [0, 0.05) is 19.2 Å². The lowest BCUT2D eigenvalue weighted by Crippen LogP contribution is -2.17.